The quantitative estimate of drug-likeness (QED) is 0.726. The Morgan fingerprint density at radius 2 is 2.04 bits per heavy atom. The third-order valence-corrected chi connectivity index (χ3v) is 3.98. The minimum atomic E-state index is -0.337. The predicted molar refractivity (Wildman–Crippen MR) is 90.5 cm³/mol. The molecule has 2 heterocycles. The van der Waals surface area contributed by atoms with Gasteiger partial charge in [-0.15, -0.1) is 0 Å². The number of aromatic nitrogens is 2. The summed E-state index contributed by atoms with van der Waals surface area (Å²) in [5.74, 6) is 0.238. The van der Waals surface area contributed by atoms with Gasteiger partial charge in [-0.1, -0.05) is 12.1 Å². The molecule has 3 rings (SSSR count). The van der Waals surface area contributed by atoms with E-state index in [1.54, 1.807) is 29.7 Å². The molecule has 0 unspecified atom stereocenters. The van der Waals surface area contributed by atoms with E-state index in [-0.39, 0.29) is 5.97 Å². The third kappa shape index (κ3) is 3.73. The molecular weight excluding hydrogens is 310 g/mol. The van der Waals surface area contributed by atoms with Crippen molar-refractivity contribution in [1.29, 1.82) is 0 Å². The zero-order valence-electron chi connectivity index (χ0n) is 12.5. The summed E-state index contributed by atoms with van der Waals surface area (Å²) in [4.78, 5) is 20.1. The predicted octanol–water partition coefficient (Wildman–Crippen LogP) is 3.60. The molecule has 5 nitrogen and oxygen atoms in total. The van der Waals surface area contributed by atoms with E-state index < -0.39 is 0 Å². The lowest BCUT2D eigenvalue weighted by Gasteiger charge is -2.07. The van der Waals surface area contributed by atoms with E-state index in [1.807, 2.05) is 29.6 Å². The highest BCUT2D eigenvalue weighted by molar-refractivity contribution is 7.08. The maximum absolute atomic E-state index is 11.4. The van der Waals surface area contributed by atoms with Gasteiger partial charge in [0.05, 0.1) is 18.4 Å². The van der Waals surface area contributed by atoms with E-state index in [0.29, 0.717) is 18.1 Å². The Balaban J connectivity index is 1.66. The molecule has 0 saturated heterocycles. The number of hydrogen-bond donors (Lipinski definition) is 1. The van der Waals surface area contributed by atoms with E-state index in [2.05, 4.69) is 25.4 Å². The number of ether oxygens (including phenoxy) is 1. The van der Waals surface area contributed by atoms with Crippen molar-refractivity contribution in [3.05, 3.63) is 64.5 Å². The average Bonchev–Trinajstić information content (AvgIpc) is 3.15. The standard InChI is InChI=1S/C17H15N3O2S/c1-22-16(21)13-4-2-12(3-5-13)10-19-17-18-8-6-15(20-17)14-7-9-23-11-14/h2-9,11H,10H2,1H3,(H,18,19,20). The van der Waals surface area contributed by atoms with Crippen LogP contribution in [-0.2, 0) is 11.3 Å². The number of anilines is 1. The van der Waals surface area contributed by atoms with Crippen molar-refractivity contribution < 1.29 is 9.53 Å². The molecule has 0 aliphatic carbocycles. The smallest absolute Gasteiger partial charge is 0.337 e. The van der Waals surface area contributed by atoms with Gasteiger partial charge in [0.1, 0.15) is 0 Å². The number of esters is 1. The molecule has 6 heteroatoms. The van der Waals surface area contributed by atoms with Crippen molar-refractivity contribution >= 4 is 23.3 Å². The number of thiophene rings is 1. The fourth-order valence-corrected chi connectivity index (χ4v) is 2.72. The number of methoxy groups -OCH3 is 1. The van der Waals surface area contributed by atoms with E-state index in [9.17, 15) is 4.79 Å². The van der Waals surface area contributed by atoms with Crippen LogP contribution >= 0.6 is 11.3 Å². The topological polar surface area (TPSA) is 64.1 Å². The summed E-state index contributed by atoms with van der Waals surface area (Å²) in [6.45, 7) is 0.578. The molecule has 1 aromatic carbocycles. The van der Waals surface area contributed by atoms with Gasteiger partial charge in [-0.3, -0.25) is 0 Å². The Morgan fingerprint density at radius 1 is 1.22 bits per heavy atom. The zero-order chi connectivity index (χ0) is 16.1. The highest BCUT2D eigenvalue weighted by atomic mass is 32.1. The van der Waals surface area contributed by atoms with E-state index in [0.717, 1.165) is 16.8 Å². The molecule has 2 aromatic heterocycles. The number of carbonyl (C=O) groups is 1. The highest BCUT2D eigenvalue weighted by Crippen LogP contribution is 2.20. The first-order chi connectivity index (χ1) is 11.3. The van der Waals surface area contributed by atoms with Crippen LogP contribution in [0.25, 0.3) is 11.3 Å². The van der Waals surface area contributed by atoms with Crippen LogP contribution in [0, 0.1) is 0 Å². The SMILES string of the molecule is COC(=O)c1ccc(CNc2nccc(-c3ccsc3)n2)cc1. The second-order valence-corrected chi connectivity index (χ2v) is 5.60. The molecule has 0 fully saturated rings. The third-order valence-electron chi connectivity index (χ3n) is 3.30. The van der Waals surface area contributed by atoms with E-state index in [1.165, 1.54) is 7.11 Å². The zero-order valence-corrected chi connectivity index (χ0v) is 13.3. The van der Waals surface area contributed by atoms with Gasteiger partial charge < -0.3 is 10.1 Å². The Bertz CT molecular complexity index is 786. The lowest BCUT2D eigenvalue weighted by atomic mass is 10.1. The van der Waals surface area contributed by atoms with Crippen molar-refractivity contribution in [3.63, 3.8) is 0 Å². The van der Waals surface area contributed by atoms with E-state index >= 15 is 0 Å². The molecule has 0 amide bonds. The molecule has 0 radical (unpaired) electrons. The molecule has 3 aromatic rings. The number of hydrogen-bond acceptors (Lipinski definition) is 6. The normalized spacial score (nSPS) is 10.3. The summed E-state index contributed by atoms with van der Waals surface area (Å²) in [6.07, 6.45) is 1.74. The molecule has 0 bridgehead atoms. The molecule has 0 aliphatic rings. The Kier molecular flexibility index (Phi) is 4.63. The first-order valence-corrected chi connectivity index (χ1v) is 7.97. The number of nitrogens with one attached hydrogen (secondary N) is 1. The lowest BCUT2D eigenvalue weighted by molar-refractivity contribution is 0.0600. The van der Waals surface area contributed by atoms with Crippen LogP contribution in [-0.4, -0.2) is 23.0 Å². The molecular formula is C17H15N3O2S. The van der Waals surface area contributed by atoms with Crippen molar-refractivity contribution in [1.82, 2.24) is 9.97 Å². The van der Waals surface area contributed by atoms with Crippen LogP contribution in [0.15, 0.2) is 53.4 Å². The Hall–Kier alpha value is -2.73. The van der Waals surface area contributed by atoms with Crippen LogP contribution in [0.2, 0.25) is 0 Å². The number of rotatable bonds is 5. The van der Waals surface area contributed by atoms with Crippen LogP contribution < -0.4 is 5.32 Å². The summed E-state index contributed by atoms with van der Waals surface area (Å²) in [7, 11) is 1.37. The molecule has 23 heavy (non-hydrogen) atoms. The minimum absolute atomic E-state index is 0.337. The monoisotopic (exact) mass is 325 g/mol. The summed E-state index contributed by atoms with van der Waals surface area (Å²) in [6, 6.07) is 11.2. The van der Waals surface area contributed by atoms with Crippen LogP contribution in [0.4, 0.5) is 5.95 Å². The first-order valence-electron chi connectivity index (χ1n) is 7.03. The van der Waals surface area contributed by atoms with Crippen molar-refractivity contribution in [2.45, 2.75) is 6.54 Å². The highest BCUT2D eigenvalue weighted by Gasteiger charge is 2.05. The van der Waals surface area contributed by atoms with Crippen LogP contribution in [0.1, 0.15) is 15.9 Å². The molecule has 116 valence electrons. The fraction of sp³-hybridized carbons (Fsp3) is 0.118. The van der Waals surface area contributed by atoms with Crippen molar-refractivity contribution in [3.8, 4) is 11.3 Å². The number of nitrogens with zero attached hydrogens (tertiary/aromatic N) is 2. The molecule has 0 saturated carbocycles. The van der Waals surface area contributed by atoms with Gasteiger partial charge >= 0.3 is 5.97 Å². The van der Waals surface area contributed by atoms with Gasteiger partial charge in [-0.25, -0.2) is 14.8 Å². The van der Waals surface area contributed by atoms with Gasteiger partial charge in [-0.05, 0) is 35.2 Å². The van der Waals surface area contributed by atoms with Gasteiger partial charge in [0, 0.05) is 23.7 Å². The second kappa shape index (κ2) is 7.02. The largest absolute Gasteiger partial charge is 0.465 e. The van der Waals surface area contributed by atoms with Crippen molar-refractivity contribution in [2.75, 3.05) is 12.4 Å². The summed E-state index contributed by atoms with van der Waals surface area (Å²) >= 11 is 1.64. The average molecular weight is 325 g/mol. The molecule has 0 aliphatic heterocycles. The summed E-state index contributed by atoms with van der Waals surface area (Å²) in [5, 5.41) is 7.27. The Morgan fingerprint density at radius 3 is 2.74 bits per heavy atom. The molecule has 0 spiro atoms. The van der Waals surface area contributed by atoms with Gasteiger partial charge in [-0.2, -0.15) is 11.3 Å². The van der Waals surface area contributed by atoms with Crippen LogP contribution in [0.5, 0.6) is 0 Å². The molecule has 0 atom stereocenters. The second-order valence-electron chi connectivity index (χ2n) is 4.82. The maximum atomic E-state index is 11.4. The number of carbonyl (C=O) groups excluding carboxylic acids is 1. The number of benzene rings is 1. The fourth-order valence-electron chi connectivity index (χ4n) is 2.07. The minimum Gasteiger partial charge on any atom is -0.465 e. The van der Waals surface area contributed by atoms with Gasteiger partial charge in [0.2, 0.25) is 5.95 Å². The lowest BCUT2D eigenvalue weighted by Crippen LogP contribution is -2.05. The first kappa shape index (κ1) is 15.2. The van der Waals surface area contributed by atoms with Crippen LogP contribution in [0.3, 0.4) is 0 Å². The van der Waals surface area contributed by atoms with Crippen molar-refractivity contribution in [2.24, 2.45) is 0 Å². The summed E-state index contributed by atoms with van der Waals surface area (Å²) < 4.78 is 4.68. The maximum Gasteiger partial charge on any atom is 0.337 e. The molecule has 1 N–H and O–H groups in total. The van der Waals surface area contributed by atoms with Gasteiger partial charge in [0.25, 0.3) is 0 Å². The Labute approximate surface area is 138 Å². The van der Waals surface area contributed by atoms with E-state index in [4.69, 9.17) is 0 Å². The summed E-state index contributed by atoms with van der Waals surface area (Å²) in [5.41, 5.74) is 3.54. The van der Waals surface area contributed by atoms with Gasteiger partial charge in [0.15, 0.2) is 0 Å².